The normalized spacial score (nSPS) is 13.6. The van der Waals surface area contributed by atoms with Crippen molar-refractivity contribution < 1.29 is 27.4 Å². The fraction of sp³-hybridized carbons (Fsp3) is 0.333. The first-order chi connectivity index (χ1) is 14.1. The van der Waals surface area contributed by atoms with E-state index in [-0.39, 0.29) is 32.8 Å². The molecule has 1 aliphatic rings. The molecule has 4 nitrogen and oxygen atoms in total. The molecule has 0 saturated heterocycles. The number of thiocarbonyl (C=S) groups is 1. The van der Waals surface area contributed by atoms with Gasteiger partial charge in [-0.15, -0.1) is 0 Å². The molecule has 0 amide bonds. The summed E-state index contributed by atoms with van der Waals surface area (Å²) >= 11 is 11.3. The number of carbonyl (C=O) groups is 1. The van der Waals surface area contributed by atoms with Gasteiger partial charge in [-0.2, -0.15) is 13.2 Å². The molecule has 0 bridgehead atoms. The first-order valence-corrected chi connectivity index (χ1v) is 10.1. The summed E-state index contributed by atoms with van der Waals surface area (Å²) in [6, 6.07) is 7.99. The molecule has 0 unspecified atom stereocenters. The Morgan fingerprint density at radius 3 is 2.53 bits per heavy atom. The molecule has 30 heavy (non-hydrogen) atoms. The second kappa shape index (κ2) is 9.22. The maximum atomic E-state index is 13.6. The number of halogens is 4. The summed E-state index contributed by atoms with van der Waals surface area (Å²) in [5.41, 5.74) is -0.893. The van der Waals surface area contributed by atoms with E-state index in [9.17, 15) is 18.0 Å². The third-order valence-corrected chi connectivity index (χ3v) is 5.13. The molecular formula is C21H19ClF3NO3S. The van der Waals surface area contributed by atoms with Gasteiger partial charge in [-0.05, 0) is 42.7 Å². The number of alkyl halides is 3. The molecule has 2 aromatic rings. The molecule has 0 radical (unpaired) electrons. The van der Waals surface area contributed by atoms with Gasteiger partial charge < -0.3 is 14.8 Å². The van der Waals surface area contributed by atoms with E-state index in [2.05, 4.69) is 5.32 Å². The summed E-state index contributed by atoms with van der Waals surface area (Å²) in [5, 5.41) is 2.92. The van der Waals surface area contributed by atoms with E-state index in [0.29, 0.717) is 12.5 Å². The maximum absolute atomic E-state index is 13.6. The molecule has 2 aromatic carbocycles. The number of esters is 1. The predicted molar refractivity (Wildman–Crippen MR) is 112 cm³/mol. The number of ether oxygens (including phenoxy) is 2. The molecule has 160 valence electrons. The predicted octanol–water partition coefficient (Wildman–Crippen LogP) is 6.25. The van der Waals surface area contributed by atoms with Crippen LogP contribution in [0, 0.1) is 5.92 Å². The number of hydrogen-bond donors (Lipinski definition) is 1. The lowest BCUT2D eigenvalue weighted by atomic mass is 10.1. The molecule has 9 heteroatoms. The van der Waals surface area contributed by atoms with E-state index < -0.39 is 17.7 Å². The Bertz CT molecular complexity index is 961. The summed E-state index contributed by atoms with van der Waals surface area (Å²) in [4.78, 5) is 10.9. The lowest BCUT2D eigenvalue weighted by molar-refractivity contribution is -0.137. The zero-order chi connectivity index (χ0) is 21.9. The second-order valence-corrected chi connectivity index (χ2v) is 7.79. The largest absolute Gasteiger partial charge is 0.494 e. The minimum atomic E-state index is -4.62. The van der Waals surface area contributed by atoms with Crippen LogP contribution in [0.1, 0.15) is 37.3 Å². The molecule has 1 N–H and O–H groups in total. The van der Waals surface area contributed by atoms with Gasteiger partial charge in [0.15, 0.2) is 0 Å². The summed E-state index contributed by atoms with van der Waals surface area (Å²) in [6.07, 6.45) is -1.49. The van der Waals surface area contributed by atoms with Crippen LogP contribution >= 0.6 is 23.8 Å². The monoisotopic (exact) mass is 457 g/mol. The fourth-order valence-corrected chi connectivity index (χ4v) is 3.27. The Morgan fingerprint density at radius 1 is 1.20 bits per heavy atom. The number of anilines is 1. The van der Waals surface area contributed by atoms with Crippen molar-refractivity contribution in [2.75, 3.05) is 11.9 Å². The smallest absolute Gasteiger partial charge is 0.417 e. The van der Waals surface area contributed by atoms with Crippen molar-refractivity contribution in [2.24, 2.45) is 5.92 Å². The van der Waals surface area contributed by atoms with Crippen molar-refractivity contribution in [3.8, 4) is 11.5 Å². The Labute approximate surface area is 182 Å². The molecule has 0 aliphatic heterocycles. The lowest BCUT2D eigenvalue weighted by Gasteiger charge is -2.17. The van der Waals surface area contributed by atoms with E-state index in [0.717, 1.165) is 25.3 Å². The molecule has 0 spiro atoms. The highest BCUT2D eigenvalue weighted by molar-refractivity contribution is 7.81. The van der Waals surface area contributed by atoms with E-state index in [1.54, 1.807) is 0 Å². The topological polar surface area (TPSA) is 47.6 Å². The molecule has 1 saturated carbocycles. The zero-order valence-corrected chi connectivity index (χ0v) is 17.6. The summed E-state index contributed by atoms with van der Waals surface area (Å²) < 4.78 is 51.4. The average molecular weight is 458 g/mol. The van der Waals surface area contributed by atoms with Crippen molar-refractivity contribution in [3.63, 3.8) is 0 Å². The number of rotatable bonds is 7. The van der Waals surface area contributed by atoms with E-state index in [4.69, 9.17) is 33.3 Å². The molecule has 0 heterocycles. The Kier molecular flexibility index (Phi) is 6.88. The third-order valence-electron chi connectivity index (χ3n) is 4.48. The van der Waals surface area contributed by atoms with Crippen molar-refractivity contribution in [1.82, 2.24) is 0 Å². The van der Waals surface area contributed by atoms with E-state index in [1.807, 2.05) is 0 Å². The van der Waals surface area contributed by atoms with Crippen molar-refractivity contribution >= 4 is 40.5 Å². The Balaban J connectivity index is 1.81. The van der Waals surface area contributed by atoms with Gasteiger partial charge in [0.1, 0.15) is 16.5 Å². The Hall–Kier alpha value is -2.32. The zero-order valence-electron chi connectivity index (χ0n) is 16.0. The van der Waals surface area contributed by atoms with Gasteiger partial charge in [-0.25, -0.2) is 0 Å². The van der Waals surface area contributed by atoms with Crippen LogP contribution in [0.25, 0.3) is 0 Å². The molecule has 3 rings (SSSR count). The number of benzene rings is 2. The van der Waals surface area contributed by atoms with Gasteiger partial charge in [0, 0.05) is 18.6 Å². The summed E-state index contributed by atoms with van der Waals surface area (Å²) in [7, 11) is 0. The molecule has 1 aliphatic carbocycles. The number of nitrogens with one attached hydrogen (secondary N) is 1. The first kappa shape index (κ1) is 22.4. The fourth-order valence-electron chi connectivity index (χ4n) is 2.81. The van der Waals surface area contributed by atoms with E-state index in [1.165, 1.54) is 37.3 Å². The lowest BCUT2D eigenvalue weighted by Crippen LogP contribution is -2.18. The minimum Gasteiger partial charge on any atom is -0.494 e. The quantitative estimate of drug-likeness (QED) is 0.302. The second-order valence-electron chi connectivity index (χ2n) is 6.98. The minimum absolute atomic E-state index is 0.143. The first-order valence-electron chi connectivity index (χ1n) is 9.27. The Morgan fingerprint density at radius 2 is 1.90 bits per heavy atom. The summed E-state index contributed by atoms with van der Waals surface area (Å²) in [6.45, 7) is 1.61. The molecule has 1 fully saturated rings. The van der Waals surface area contributed by atoms with Crippen LogP contribution in [-0.2, 0) is 11.0 Å². The highest BCUT2D eigenvalue weighted by atomic mass is 35.5. The molecule has 0 atom stereocenters. The van der Waals surface area contributed by atoms with Gasteiger partial charge in [0.25, 0.3) is 0 Å². The van der Waals surface area contributed by atoms with Gasteiger partial charge >= 0.3 is 12.1 Å². The van der Waals surface area contributed by atoms with Crippen LogP contribution in [0.15, 0.2) is 36.4 Å². The van der Waals surface area contributed by atoms with Gasteiger partial charge in [0.2, 0.25) is 0 Å². The summed E-state index contributed by atoms with van der Waals surface area (Å²) in [5.74, 6) is 0.412. The van der Waals surface area contributed by atoms with Crippen molar-refractivity contribution in [1.29, 1.82) is 0 Å². The highest BCUT2D eigenvalue weighted by Crippen LogP contribution is 2.36. The van der Waals surface area contributed by atoms with Crippen LogP contribution < -0.4 is 14.8 Å². The number of hydrogen-bond acceptors (Lipinski definition) is 4. The van der Waals surface area contributed by atoms with Crippen LogP contribution in [0.2, 0.25) is 5.02 Å². The standard InChI is InChI=1S/C21H19ClF3NO3S/c1-12(27)29-15-5-7-18(22)19(11-15)26-20(30)16-6-4-14(10-17(16)21(23,24)25)28-9-8-13-2-3-13/h4-7,10-11,13H,2-3,8-9H2,1H3,(H,26,30). The molecular weight excluding hydrogens is 439 g/mol. The van der Waals surface area contributed by atoms with Gasteiger partial charge in [-0.3, -0.25) is 4.79 Å². The molecule has 0 aromatic heterocycles. The number of carbonyl (C=O) groups excluding carboxylic acids is 1. The highest BCUT2D eigenvalue weighted by Gasteiger charge is 2.35. The van der Waals surface area contributed by atoms with Crippen LogP contribution in [0.5, 0.6) is 11.5 Å². The van der Waals surface area contributed by atoms with E-state index >= 15 is 0 Å². The maximum Gasteiger partial charge on any atom is 0.417 e. The SMILES string of the molecule is CC(=O)Oc1ccc(Cl)c(NC(=S)c2ccc(OCCC3CC3)cc2C(F)(F)F)c1. The third kappa shape index (κ3) is 6.09. The van der Waals surface area contributed by atoms with Crippen LogP contribution in [0.3, 0.4) is 0 Å². The van der Waals surface area contributed by atoms with Crippen LogP contribution in [0.4, 0.5) is 18.9 Å². The van der Waals surface area contributed by atoms with Crippen LogP contribution in [-0.4, -0.2) is 17.6 Å². The van der Waals surface area contributed by atoms with Crippen molar-refractivity contribution in [3.05, 3.63) is 52.5 Å². The van der Waals surface area contributed by atoms with Gasteiger partial charge in [-0.1, -0.05) is 36.7 Å². The average Bonchev–Trinajstić information content (AvgIpc) is 3.47. The van der Waals surface area contributed by atoms with Gasteiger partial charge in [0.05, 0.1) is 22.9 Å². The van der Waals surface area contributed by atoms with Crippen molar-refractivity contribution in [2.45, 2.75) is 32.4 Å².